The topological polar surface area (TPSA) is 140 Å². The quantitative estimate of drug-likeness (QED) is 0.267. The van der Waals surface area contributed by atoms with Crippen LogP contribution in [0, 0.1) is 25.2 Å². The smallest absolute Gasteiger partial charge is 0.410 e. The second-order valence-electron chi connectivity index (χ2n) is 16.9. The number of ether oxygens (including phenoxy) is 3. The van der Waals surface area contributed by atoms with Crippen LogP contribution in [0.1, 0.15) is 102 Å². The monoisotopic (exact) mass is 761 g/mol. The molecule has 13 heteroatoms. The van der Waals surface area contributed by atoms with E-state index in [1.807, 2.05) is 71.6 Å². The van der Waals surface area contributed by atoms with Crippen LogP contribution < -0.4 is 14.2 Å². The molecule has 3 heterocycles. The first-order valence-corrected chi connectivity index (χ1v) is 20.5. The third-order valence-electron chi connectivity index (χ3n) is 10.5. The van der Waals surface area contributed by atoms with Gasteiger partial charge >= 0.3 is 6.09 Å². The molecule has 2 fully saturated rings. The molecule has 54 heavy (non-hydrogen) atoms. The molecule has 2 amide bonds. The van der Waals surface area contributed by atoms with Crippen molar-refractivity contribution in [3.8, 4) is 22.9 Å². The van der Waals surface area contributed by atoms with Gasteiger partial charge in [0.05, 0.1) is 17.0 Å². The first-order valence-electron chi connectivity index (χ1n) is 19.1. The summed E-state index contributed by atoms with van der Waals surface area (Å²) < 4.78 is 49.1. The van der Waals surface area contributed by atoms with Crippen molar-refractivity contribution >= 4 is 28.0 Å². The Morgan fingerprint density at radius 1 is 1.02 bits per heavy atom. The minimum absolute atomic E-state index is 0.0108. The number of sulfonamides is 1. The Morgan fingerprint density at radius 2 is 1.67 bits per heavy atom. The summed E-state index contributed by atoms with van der Waals surface area (Å²) >= 11 is 0. The maximum absolute atomic E-state index is 14.7. The van der Waals surface area contributed by atoms with Gasteiger partial charge in [0.2, 0.25) is 11.7 Å². The second-order valence-corrected chi connectivity index (χ2v) is 18.6. The van der Waals surface area contributed by atoms with Crippen molar-refractivity contribution in [3.63, 3.8) is 0 Å². The first kappa shape index (κ1) is 39.3. The average molecular weight is 762 g/mol. The van der Waals surface area contributed by atoms with Crippen molar-refractivity contribution in [1.82, 2.24) is 19.8 Å². The fourth-order valence-electron chi connectivity index (χ4n) is 8.04. The lowest BCUT2D eigenvalue weighted by Gasteiger charge is -2.56. The normalized spacial score (nSPS) is 20.0. The van der Waals surface area contributed by atoms with Crippen LogP contribution in [0.2, 0.25) is 0 Å². The summed E-state index contributed by atoms with van der Waals surface area (Å²) in [5, 5.41) is 0. The molecule has 12 nitrogen and oxygen atoms in total. The Labute approximate surface area is 320 Å². The third-order valence-corrected chi connectivity index (χ3v) is 11.8. The van der Waals surface area contributed by atoms with E-state index in [1.54, 1.807) is 17.0 Å². The van der Waals surface area contributed by atoms with Gasteiger partial charge in [-0.25, -0.2) is 22.9 Å². The van der Waals surface area contributed by atoms with Crippen molar-refractivity contribution in [2.75, 3.05) is 24.4 Å². The predicted molar refractivity (Wildman–Crippen MR) is 207 cm³/mol. The molecule has 292 valence electrons. The molecule has 0 radical (unpaired) electrons. The maximum atomic E-state index is 14.7. The van der Waals surface area contributed by atoms with Crippen LogP contribution in [0.25, 0.3) is 11.3 Å². The number of piperidine rings is 1. The molecule has 1 saturated heterocycles. The highest BCUT2D eigenvalue weighted by molar-refractivity contribution is 7.92. The highest BCUT2D eigenvalue weighted by Crippen LogP contribution is 2.52. The number of carbonyl (C=O) groups is 2. The van der Waals surface area contributed by atoms with E-state index in [0.29, 0.717) is 31.0 Å². The lowest BCUT2D eigenvalue weighted by Crippen LogP contribution is -2.60. The molecule has 1 aromatic heterocycles. The number of carbonyl (C=O) groups excluding carboxylic acids is 2. The van der Waals surface area contributed by atoms with Crippen LogP contribution in [0.3, 0.4) is 0 Å². The number of hydrogen-bond donors (Lipinski definition) is 1. The second kappa shape index (κ2) is 15.0. The van der Waals surface area contributed by atoms with Crippen LogP contribution in [-0.4, -0.2) is 83.7 Å². The van der Waals surface area contributed by atoms with E-state index in [4.69, 9.17) is 19.2 Å². The van der Waals surface area contributed by atoms with Gasteiger partial charge in [-0.15, -0.1) is 0 Å². The van der Waals surface area contributed by atoms with Crippen LogP contribution in [0.5, 0.6) is 11.6 Å². The van der Waals surface area contributed by atoms with E-state index < -0.39 is 15.6 Å². The zero-order chi connectivity index (χ0) is 39.2. The number of amides is 2. The molecular weight excluding hydrogens is 707 g/mol. The number of aryl methyl sites for hydroxylation is 2. The van der Waals surface area contributed by atoms with Crippen molar-refractivity contribution in [1.29, 1.82) is 0 Å². The molecule has 1 atom stereocenters. The Kier molecular flexibility index (Phi) is 10.9. The molecule has 4 bridgehead atoms. The van der Waals surface area contributed by atoms with Gasteiger partial charge in [0, 0.05) is 30.3 Å². The first-order chi connectivity index (χ1) is 25.3. The number of hydrogen-bond acceptors (Lipinski definition) is 9. The third kappa shape index (κ3) is 8.45. The van der Waals surface area contributed by atoms with Crippen LogP contribution in [0.15, 0.2) is 47.4 Å². The molecular formula is C41H55N5O7S. The maximum Gasteiger partial charge on any atom is 0.410 e. The largest absolute Gasteiger partial charge is 0.484 e. The number of nitrogens with one attached hydrogen (secondary N) is 1. The molecule has 1 saturated carbocycles. The fraction of sp³-hybridized carbons (Fsp3) is 0.561. The number of fused-ring (bicyclic) bond motifs is 4. The van der Waals surface area contributed by atoms with Gasteiger partial charge < -0.3 is 24.0 Å². The lowest BCUT2D eigenvalue weighted by atomic mass is 9.59. The van der Waals surface area contributed by atoms with Gasteiger partial charge in [0.15, 0.2) is 0 Å². The van der Waals surface area contributed by atoms with E-state index in [1.165, 1.54) is 12.1 Å². The van der Waals surface area contributed by atoms with Crippen LogP contribution >= 0.6 is 0 Å². The summed E-state index contributed by atoms with van der Waals surface area (Å²) in [5.74, 6) is 0.202. The number of rotatable bonds is 6. The standard InChI is InChI=1S/C41H55N5O7S/c1-25(2)20-30-24-51-36-35(52-26(3)4)34(33-27(5)12-10-13-28(33)6)42-38(43-36)44-54(49,50)32-15-11-14-29(21-32)37(47)46(30)31-22-41(23-31)16-18-45(19-17-41)39(48)53-40(7,8)9/h10-15,21,25-26,30-31H,16-20,22-24H2,1-9H3,(H,42,43,44)/t30-/m1/s1. The summed E-state index contributed by atoms with van der Waals surface area (Å²) in [6.45, 7) is 18.9. The van der Waals surface area contributed by atoms with E-state index in [-0.39, 0.29) is 70.4 Å². The highest BCUT2D eigenvalue weighted by atomic mass is 32.2. The van der Waals surface area contributed by atoms with Crippen molar-refractivity contribution in [2.45, 2.75) is 123 Å². The zero-order valence-electron chi connectivity index (χ0n) is 33.1. The van der Waals surface area contributed by atoms with Crippen LogP contribution in [0.4, 0.5) is 10.7 Å². The predicted octanol–water partition coefficient (Wildman–Crippen LogP) is 7.78. The summed E-state index contributed by atoms with van der Waals surface area (Å²) in [6.07, 6.45) is 3.24. The Balaban J connectivity index is 1.40. The summed E-state index contributed by atoms with van der Waals surface area (Å²) in [5.41, 5.74) is 2.76. The van der Waals surface area contributed by atoms with Gasteiger partial charge in [0.25, 0.3) is 21.8 Å². The molecule has 2 aliphatic heterocycles. The number of benzene rings is 2. The van der Waals surface area contributed by atoms with Crippen molar-refractivity contribution < 1.29 is 32.2 Å². The van der Waals surface area contributed by atoms with Crippen LogP contribution in [-0.2, 0) is 14.8 Å². The van der Waals surface area contributed by atoms with Gasteiger partial charge in [-0.3, -0.25) is 4.79 Å². The van der Waals surface area contributed by atoms with E-state index in [0.717, 1.165) is 42.4 Å². The Hall–Kier alpha value is -4.39. The van der Waals surface area contributed by atoms with Crippen molar-refractivity contribution in [3.05, 3.63) is 59.2 Å². The number of nitrogens with zero attached hydrogens (tertiary/aromatic N) is 4. The average Bonchev–Trinajstić information content (AvgIpc) is 3.06. The highest BCUT2D eigenvalue weighted by Gasteiger charge is 2.51. The summed E-state index contributed by atoms with van der Waals surface area (Å²) in [7, 11) is -4.23. The van der Waals surface area contributed by atoms with E-state index in [2.05, 4.69) is 23.6 Å². The molecule has 1 spiro atoms. The summed E-state index contributed by atoms with van der Waals surface area (Å²) in [6, 6.07) is 11.6. The molecule has 3 aromatic rings. The molecule has 1 N–H and O–H groups in total. The number of anilines is 1. The fourth-order valence-corrected chi connectivity index (χ4v) is 9.03. The molecule has 3 aliphatic rings. The number of likely N-dealkylation sites (tertiary alicyclic amines) is 1. The summed E-state index contributed by atoms with van der Waals surface area (Å²) in [4.78, 5) is 40.6. The molecule has 0 unspecified atom stereocenters. The minimum atomic E-state index is -4.23. The van der Waals surface area contributed by atoms with E-state index in [9.17, 15) is 18.0 Å². The van der Waals surface area contributed by atoms with Crippen molar-refractivity contribution in [2.24, 2.45) is 11.3 Å². The molecule has 6 rings (SSSR count). The zero-order valence-corrected chi connectivity index (χ0v) is 33.9. The number of aromatic nitrogens is 2. The molecule has 2 aromatic carbocycles. The SMILES string of the molecule is Cc1cccc(C)c1-c1nc2nc(c1OC(C)C)OC[C@@H](CC(C)C)N(C1CC3(CCN(C(=O)OC(C)(C)C)CC3)C1)C(=O)c1cccc(c1)S(=O)(=O)N2. The minimum Gasteiger partial charge on any atom is -0.484 e. The Morgan fingerprint density at radius 3 is 2.28 bits per heavy atom. The molecule has 1 aliphatic carbocycles. The van der Waals surface area contributed by atoms with Gasteiger partial charge in [0.1, 0.15) is 17.9 Å². The van der Waals surface area contributed by atoms with Gasteiger partial charge in [-0.05, 0) is 121 Å². The Bertz CT molecular complexity index is 1970. The van der Waals surface area contributed by atoms with Gasteiger partial charge in [-0.1, -0.05) is 38.1 Å². The lowest BCUT2D eigenvalue weighted by molar-refractivity contribution is -0.0555. The van der Waals surface area contributed by atoms with E-state index >= 15 is 0 Å². The van der Waals surface area contributed by atoms with Gasteiger partial charge in [-0.2, -0.15) is 4.98 Å².